The number of likely N-dealkylation sites (N-methyl/N-ethyl adjacent to an activating group) is 1. The molecule has 0 spiro atoms. The van der Waals surface area contributed by atoms with E-state index in [1.165, 1.54) is 17.0 Å². The van der Waals surface area contributed by atoms with Crippen LogP contribution in [-0.4, -0.2) is 46.7 Å². The average Bonchev–Trinajstić information content (AvgIpc) is 2.43. The average molecular weight is 295 g/mol. The van der Waals surface area contributed by atoms with Crippen molar-refractivity contribution in [3.63, 3.8) is 0 Å². The van der Waals surface area contributed by atoms with Crippen LogP contribution in [0.25, 0.3) is 0 Å². The van der Waals surface area contributed by atoms with Gasteiger partial charge in [0.25, 0.3) is 0 Å². The number of nitrogens with one attached hydrogen (secondary N) is 1. The SMILES string of the molecule is CCN(C[C@@H](O)c1cccc(O)c1)C(=O)NCCC(N)=O. The number of amides is 3. The van der Waals surface area contributed by atoms with Crippen LogP contribution in [0.1, 0.15) is 25.0 Å². The Morgan fingerprint density at radius 3 is 2.71 bits per heavy atom. The summed E-state index contributed by atoms with van der Waals surface area (Å²) in [4.78, 5) is 23.9. The van der Waals surface area contributed by atoms with Crippen LogP contribution in [0.3, 0.4) is 0 Å². The van der Waals surface area contributed by atoms with E-state index < -0.39 is 12.0 Å². The van der Waals surface area contributed by atoms with Crippen LogP contribution in [0.4, 0.5) is 4.79 Å². The zero-order valence-electron chi connectivity index (χ0n) is 12.0. The lowest BCUT2D eigenvalue weighted by atomic mass is 10.1. The first-order valence-corrected chi connectivity index (χ1v) is 6.72. The quantitative estimate of drug-likeness (QED) is 0.580. The second-order valence-corrected chi connectivity index (χ2v) is 4.60. The number of nitrogens with two attached hydrogens (primary N) is 1. The number of phenolic OH excluding ortho intramolecular Hbond substituents is 1. The van der Waals surface area contributed by atoms with Gasteiger partial charge in [-0.2, -0.15) is 0 Å². The normalized spacial score (nSPS) is 11.7. The Hall–Kier alpha value is -2.28. The first-order valence-electron chi connectivity index (χ1n) is 6.72. The van der Waals surface area contributed by atoms with Crippen molar-refractivity contribution in [2.24, 2.45) is 5.73 Å². The molecule has 0 aromatic heterocycles. The Bertz CT molecular complexity index is 493. The maximum absolute atomic E-state index is 11.9. The minimum atomic E-state index is -0.904. The molecule has 7 heteroatoms. The number of aliphatic hydroxyl groups excluding tert-OH is 1. The first-order chi connectivity index (χ1) is 9.93. The molecule has 0 aliphatic carbocycles. The number of benzene rings is 1. The molecule has 0 saturated heterocycles. The van der Waals surface area contributed by atoms with Gasteiger partial charge in [0.1, 0.15) is 5.75 Å². The van der Waals surface area contributed by atoms with E-state index in [-0.39, 0.29) is 31.3 Å². The lowest BCUT2D eigenvalue weighted by Crippen LogP contribution is -2.42. The lowest BCUT2D eigenvalue weighted by molar-refractivity contribution is -0.117. The number of rotatable bonds is 7. The molecule has 0 aliphatic rings. The molecule has 1 aromatic rings. The number of carbonyl (C=O) groups is 2. The molecule has 0 unspecified atom stereocenters. The number of urea groups is 1. The standard InChI is InChI=1S/C14H21N3O4/c1-2-17(14(21)16-7-6-13(15)20)9-12(19)10-4-3-5-11(18)8-10/h3-5,8,12,18-19H,2,6-7,9H2,1H3,(H2,15,20)(H,16,21)/t12-/m1/s1. The van der Waals surface area contributed by atoms with Gasteiger partial charge in [-0.3, -0.25) is 4.79 Å². The molecule has 0 saturated carbocycles. The molecule has 7 nitrogen and oxygen atoms in total. The van der Waals surface area contributed by atoms with E-state index >= 15 is 0 Å². The Balaban J connectivity index is 2.56. The molecule has 0 heterocycles. The molecule has 3 amide bonds. The summed E-state index contributed by atoms with van der Waals surface area (Å²) >= 11 is 0. The van der Waals surface area contributed by atoms with Crippen LogP contribution in [0.5, 0.6) is 5.75 Å². The number of aromatic hydroxyl groups is 1. The minimum absolute atomic E-state index is 0.0560. The smallest absolute Gasteiger partial charge is 0.317 e. The molecule has 1 rings (SSSR count). The monoisotopic (exact) mass is 295 g/mol. The number of hydrogen-bond acceptors (Lipinski definition) is 4. The van der Waals surface area contributed by atoms with Crippen LogP contribution in [0.2, 0.25) is 0 Å². The van der Waals surface area contributed by atoms with E-state index in [1.807, 2.05) is 0 Å². The topological polar surface area (TPSA) is 116 Å². The van der Waals surface area contributed by atoms with Gasteiger partial charge < -0.3 is 26.2 Å². The van der Waals surface area contributed by atoms with E-state index in [9.17, 15) is 19.8 Å². The summed E-state index contributed by atoms with van der Waals surface area (Å²) in [6, 6.07) is 5.87. The van der Waals surface area contributed by atoms with E-state index in [4.69, 9.17) is 5.73 Å². The maximum Gasteiger partial charge on any atom is 0.317 e. The summed E-state index contributed by atoms with van der Waals surface area (Å²) in [6.45, 7) is 2.43. The Morgan fingerprint density at radius 2 is 2.14 bits per heavy atom. The zero-order valence-corrected chi connectivity index (χ0v) is 12.0. The van der Waals surface area contributed by atoms with Gasteiger partial charge in [0, 0.05) is 19.5 Å². The number of hydrogen-bond donors (Lipinski definition) is 4. The first kappa shape index (κ1) is 16.8. The van der Waals surface area contributed by atoms with Gasteiger partial charge >= 0.3 is 6.03 Å². The van der Waals surface area contributed by atoms with Crippen molar-refractivity contribution >= 4 is 11.9 Å². The number of carbonyl (C=O) groups excluding carboxylic acids is 2. The van der Waals surface area contributed by atoms with Crippen molar-refractivity contribution in [1.29, 1.82) is 0 Å². The third kappa shape index (κ3) is 5.70. The molecule has 0 aliphatic heterocycles. The minimum Gasteiger partial charge on any atom is -0.508 e. The highest BCUT2D eigenvalue weighted by molar-refractivity contribution is 5.77. The van der Waals surface area contributed by atoms with E-state index in [0.717, 1.165) is 0 Å². The Morgan fingerprint density at radius 1 is 1.43 bits per heavy atom. The second-order valence-electron chi connectivity index (χ2n) is 4.60. The predicted octanol–water partition coefficient (Wildman–Crippen LogP) is 0.332. The van der Waals surface area contributed by atoms with Crippen molar-refractivity contribution in [2.75, 3.05) is 19.6 Å². The van der Waals surface area contributed by atoms with Crippen molar-refractivity contribution in [3.05, 3.63) is 29.8 Å². The van der Waals surface area contributed by atoms with Gasteiger partial charge in [0.15, 0.2) is 0 Å². The third-order valence-corrected chi connectivity index (χ3v) is 2.96. The van der Waals surface area contributed by atoms with Gasteiger partial charge in [0.05, 0.1) is 12.6 Å². The summed E-state index contributed by atoms with van der Waals surface area (Å²) in [5.74, 6) is -0.432. The number of primary amides is 1. The summed E-state index contributed by atoms with van der Waals surface area (Å²) in [5, 5.41) is 22.0. The zero-order chi connectivity index (χ0) is 15.8. The highest BCUT2D eigenvalue weighted by Gasteiger charge is 2.17. The number of nitrogens with zero attached hydrogens (tertiary/aromatic N) is 1. The Kier molecular flexibility index (Phi) is 6.48. The van der Waals surface area contributed by atoms with Gasteiger partial charge in [-0.15, -0.1) is 0 Å². The van der Waals surface area contributed by atoms with Gasteiger partial charge in [0.2, 0.25) is 5.91 Å². The van der Waals surface area contributed by atoms with Crippen LogP contribution < -0.4 is 11.1 Å². The molecule has 5 N–H and O–H groups in total. The maximum atomic E-state index is 11.9. The van der Waals surface area contributed by atoms with Gasteiger partial charge in [-0.05, 0) is 24.6 Å². The van der Waals surface area contributed by atoms with E-state index in [2.05, 4.69) is 5.32 Å². The van der Waals surface area contributed by atoms with Crippen LogP contribution in [0, 0.1) is 0 Å². The molecule has 0 fully saturated rings. The van der Waals surface area contributed by atoms with E-state index in [1.54, 1.807) is 19.1 Å². The van der Waals surface area contributed by atoms with Crippen LogP contribution in [-0.2, 0) is 4.79 Å². The highest BCUT2D eigenvalue weighted by Crippen LogP contribution is 2.19. The molecule has 0 bridgehead atoms. The van der Waals surface area contributed by atoms with Crippen LogP contribution >= 0.6 is 0 Å². The van der Waals surface area contributed by atoms with E-state index in [0.29, 0.717) is 12.1 Å². The number of phenols is 1. The molecule has 1 atom stereocenters. The fourth-order valence-electron chi connectivity index (χ4n) is 1.81. The Labute approximate surface area is 123 Å². The largest absolute Gasteiger partial charge is 0.508 e. The fraction of sp³-hybridized carbons (Fsp3) is 0.429. The third-order valence-electron chi connectivity index (χ3n) is 2.96. The van der Waals surface area contributed by atoms with Crippen molar-refractivity contribution in [3.8, 4) is 5.75 Å². The van der Waals surface area contributed by atoms with Crippen molar-refractivity contribution in [1.82, 2.24) is 10.2 Å². The summed E-state index contributed by atoms with van der Waals surface area (Å²) in [7, 11) is 0. The molecular formula is C14H21N3O4. The lowest BCUT2D eigenvalue weighted by Gasteiger charge is -2.24. The molecule has 1 aromatic carbocycles. The highest BCUT2D eigenvalue weighted by atomic mass is 16.3. The fourth-order valence-corrected chi connectivity index (χ4v) is 1.81. The molecule has 21 heavy (non-hydrogen) atoms. The predicted molar refractivity (Wildman–Crippen MR) is 77.5 cm³/mol. The molecule has 0 radical (unpaired) electrons. The van der Waals surface area contributed by atoms with Crippen molar-refractivity contribution in [2.45, 2.75) is 19.4 Å². The van der Waals surface area contributed by atoms with Crippen molar-refractivity contribution < 1.29 is 19.8 Å². The van der Waals surface area contributed by atoms with Gasteiger partial charge in [-0.25, -0.2) is 4.79 Å². The van der Waals surface area contributed by atoms with Gasteiger partial charge in [-0.1, -0.05) is 12.1 Å². The summed E-state index contributed by atoms with van der Waals surface area (Å²) in [5.41, 5.74) is 5.52. The summed E-state index contributed by atoms with van der Waals surface area (Å²) < 4.78 is 0. The number of aliphatic hydroxyl groups is 1. The molecule has 116 valence electrons. The molecular weight excluding hydrogens is 274 g/mol. The second kappa shape index (κ2) is 8.11. The summed E-state index contributed by atoms with van der Waals surface area (Å²) in [6.07, 6.45) is -0.836. The van der Waals surface area contributed by atoms with Crippen LogP contribution in [0.15, 0.2) is 24.3 Å².